The van der Waals surface area contributed by atoms with Crippen LogP contribution < -0.4 is 5.32 Å². The van der Waals surface area contributed by atoms with Crippen molar-refractivity contribution in [2.24, 2.45) is 0 Å². The fraction of sp³-hybridized carbons (Fsp3) is 0.0909. The van der Waals surface area contributed by atoms with E-state index in [-0.39, 0.29) is 6.04 Å². The van der Waals surface area contributed by atoms with Crippen molar-refractivity contribution in [3.05, 3.63) is 167 Å². The number of nitrogens with zero attached hydrogens (tertiary/aromatic N) is 1. The SMILES string of the molecule is CCn1c2ccccc2c2cc(/C=C/c3ccc(-c4ccc(/C=C/c5ccc6c(c5)-c5ccccc5C6NC)cc4)cc3)ccc21. The summed E-state index contributed by atoms with van der Waals surface area (Å²) < 4.78 is 2.40. The topological polar surface area (TPSA) is 17.0 Å². The van der Waals surface area contributed by atoms with E-state index in [0.717, 1.165) is 6.54 Å². The molecule has 1 aromatic heterocycles. The van der Waals surface area contributed by atoms with Crippen LogP contribution in [0.15, 0.2) is 133 Å². The van der Waals surface area contributed by atoms with Crippen LogP contribution in [-0.4, -0.2) is 11.6 Å². The van der Waals surface area contributed by atoms with Crippen LogP contribution in [0.1, 0.15) is 46.3 Å². The van der Waals surface area contributed by atoms with Gasteiger partial charge in [0, 0.05) is 28.4 Å². The average Bonchev–Trinajstić information content (AvgIpc) is 3.61. The van der Waals surface area contributed by atoms with Gasteiger partial charge in [-0.15, -0.1) is 0 Å². The van der Waals surface area contributed by atoms with Crippen molar-refractivity contribution < 1.29 is 0 Å². The van der Waals surface area contributed by atoms with Crippen LogP contribution in [-0.2, 0) is 6.54 Å². The standard InChI is InChI=1S/C44H36N2/c1-3-46-42-11-7-6-9-37(42)41-29-33(21-27-43(41)46)15-13-31-18-24-35(25-19-31)34-22-16-30(17-23-34)12-14-32-20-26-39-40(28-32)36-8-4-5-10-38(36)44(39)45-2/h4-29,44-45H,3H2,1-2H3/b14-12+,15-13+. The summed E-state index contributed by atoms with van der Waals surface area (Å²) in [6, 6.07) is 48.9. The number of nitrogens with one attached hydrogen (secondary N) is 1. The summed E-state index contributed by atoms with van der Waals surface area (Å²) in [5.41, 5.74) is 15.2. The molecule has 0 fully saturated rings. The van der Waals surface area contributed by atoms with E-state index in [1.165, 1.54) is 77.4 Å². The third-order valence-electron chi connectivity index (χ3n) is 9.44. The Morgan fingerprint density at radius 1 is 0.522 bits per heavy atom. The highest BCUT2D eigenvalue weighted by atomic mass is 15.0. The number of para-hydroxylation sites is 1. The van der Waals surface area contributed by atoms with E-state index >= 15 is 0 Å². The number of aromatic nitrogens is 1. The maximum absolute atomic E-state index is 3.48. The lowest BCUT2D eigenvalue weighted by Gasteiger charge is -2.11. The first-order valence-corrected chi connectivity index (χ1v) is 16.2. The summed E-state index contributed by atoms with van der Waals surface area (Å²) in [7, 11) is 2.04. The molecule has 8 rings (SSSR count). The molecule has 1 aliphatic carbocycles. The van der Waals surface area contributed by atoms with Gasteiger partial charge in [0.2, 0.25) is 0 Å². The monoisotopic (exact) mass is 592 g/mol. The lowest BCUT2D eigenvalue weighted by Crippen LogP contribution is -2.14. The normalized spacial score (nSPS) is 14.1. The Balaban J connectivity index is 0.966. The molecule has 0 saturated heterocycles. The molecule has 0 saturated carbocycles. The van der Waals surface area contributed by atoms with E-state index in [1.54, 1.807) is 0 Å². The van der Waals surface area contributed by atoms with Gasteiger partial charge < -0.3 is 9.88 Å². The minimum atomic E-state index is 0.261. The number of hydrogen-bond acceptors (Lipinski definition) is 1. The minimum Gasteiger partial charge on any atom is -0.341 e. The Kier molecular flexibility index (Phi) is 7.21. The van der Waals surface area contributed by atoms with Gasteiger partial charge in [0.05, 0.1) is 6.04 Å². The third kappa shape index (κ3) is 4.98. The largest absolute Gasteiger partial charge is 0.341 e. The molecule has 1 N–H and O–H groups in total. The van der Waals surface area contributed by atoms with Crippen LogP contribution in [0.3, 0.4) is 0 Å². The molecule has 0 radical (unpaired) electrons. The molecule has 2 nitrogen and oxygen atoms in total. The Hall–Kier alpha value is -5.44. The maximum Gasteiger partial charge on any atom is 0.0586 e. The van der Waals surface area contributed by atoms with E-state index < -0.39 is 0 Å². The second-order valence-corrected chi connectivity index (χ2v) is 12.1. The first-order chi connectivity index (χ1) is 22.7. The van der Waals surface area contributed by atoms with E-state index in [0.29, 0.717) is 0 Å². The van der Waals surface area contributed by atoms with Crippen LogP contribution in [0.25, 0.3) is 68.4 Å². The quantitative estimate of drug-likeness (QED) is 0.182. The fourth-order valence-electron chi connectivity index (χ4n) is 7.11. The second-order valence-electron chi connectivity index (χ2n) is 12.1. The van der Waals surface area contributed by atoms with E-state index in [9.17, 15) is 0 Å². The smallest absolute Gasteiger partial charge is 0.0586 e. The number of benzene rings is 6. The van der Waals surface area contributed by atoms with Crippen molar-refractivity contribution in [1.29, 1.82) is 0 Å². The van der Waals surface area contributed by atoms with E-state index in [4.69, 9.17) is 0 Å². The summed E-state index contributed by atoms with van der Waals surface area (Å²) >= 11 is 0. The second kappa shape index (κ2) is 11.8. The molecular formula is C44H36N2. The molecule has 0 amide bonds. The van der Waals surface area contributed by atoms with Crippen molar-refractivity contribution >= 4 is 46.1 Å². The zero-order chi connectivity index (χ0) is 31.0. The van der Waals surface area contributed by atoms with Crippen molar-refractivity contribution in [1.82, 2.24) is 9.88 Å². The van der Waals surface area contributed by atoms with Gasteiger partial charge in [0.15, 0.2) is 0 Å². The summed E-state index contributed by atoms with van der Waals surface area (Å²) in [6.45, 7) is 3.18. The van der Waals surface area contributed by atoms with Crippen molar-refractivity contribution in [2.75, 3.05) is 7.05 Å². The number of rotatable bonds is 7. The molecule has 2 heteroatoms. The van der Waals surface area contributed by atoms with Crippen LogP contribution in [0.2, 0.25) is 0 Å². The van der Waals surface area contributed by atoms with Gasteiger partial charge in [-0.05, 0) is 93.9 Å². The third-order valence-corrected chi connectivity index (χ3v) is 9.44. The number of aryl methyl sites for hydroxylation is 1. The number of fused-ring (bicyclic) bond motifs is 6. The zero-order valence-electron chi connectivity index (χ0n) is 26.2. The zero-order valence-corrected chi connectivity index (χ0v) is 26.2. The first kappa shape index (κ1) is 28.1. The molecule has 1 unspecified atom stereocenters. The summed E-state index contributed by atoms with van der Waals surface area (Å²) in [4.78, 5) is 0. The molecule has 46 heavy (non-hydrogen) atoms. The highest BCUT2D eigenvalue weighted by molar-refractivity contribution is 6.08. The van der Waals surface area contributed by atoms with Crippen LogP contribution in [0.4, 0.5) is 0 Å². The Bertz CT molecular complexity index is 2260. The predicted molar refractivity (Wildman–Crippen MR) is 198 cm³/mol. The minimum absolute atomic E-state index is 0.261. The van der Waals surface area contributed by atoms with Gasteiger partial charge in [-0.2, -0.15) is 0 Å². The van der Waals surface area contributed by atoms with Crippen LogP contribution >= 0.6 is 0 Å². The van der Waals surface area contributed by atoms with Gasteiger partial charge in [-0.1, -0.05) is 133 Å². The van der Waals surface area contributed by atoms with Gasteiger partial charge in [0.25, 0.3) is 0 Å². The molecule has 0 aliphatic heterocycles. The molecule has 6 aromatic carbocycles. The van der Waals surface area contributed by atoms with Crippen LogP contribution in [0, 0.1) is 0 Å². The summed E-state index contributed by atoms with van der Waals surface area (Å²) in [5, 5.41) is 6.11. The molecule has 1 heterocycles. The van der Waals surface area contributed by atoms with Gasteiger partial charge in [-0.3, -0.25) is 0 Å². The first-order valence-electron chi connectivity index (χ1n) is 16.2. The van der Waals surface area contributed by atoms with Crippen molar-refractivity contribution in [3.8, 4) is 22.3 Å². The Morgan fingerprint density at radius 3 is 1.76 bits per heavy atom. The summed E-state index contributed by atoms with van der Waals surface area (Å²) in [5.74, 6) is 0. The van der Waals surface area contributed by atoms with Gasteiger partial charge in [0.1, 0.15) is 0 Å². The molecule has 1 aliphatic rings. The maximum atomic E-state index is 3.48. The highest BCUT2D eigenvalue weighted by Crippen LogP contribution is 2.43. The van der Waals surface area contributed by atoms with Gasteiger partial charge in [-0.25, -0.2) is 0 Å². The van der Waals surface area contributed by atoms with Crippen molar-refractivity contribution in [3.63, 3.8) is 0 Å². The summed E-state index contributed by atoms with van der Waals surface area (Å²) in [6.07, 6.45) is 8.83. The Morgan fingerprint density at radius 2 is 1.07 bits per heavy atom. The molecular weight excluding hydrogens is 556 g/mol. The fourth-order valence-corrected chi connectivity index (χ4v) is 7.11. The lowest BCUT2D eigenvalue weighted by molar-refractivity contribution is 0.707. The van der Waals surface area contributed by atoms with Crippen LogP contribution in [0.5, 0.6) is 0 Å². The van der Waals surface area contributed by atoms with E-state index in [2.05, 4.69) is 175 Å². The van der Waals surface area contributed by atoms with Gasteiger partial charge >= 0.3 is 0 Å². The highest BCUT2D eigenvalue weighted by Gasteiger charge is 2.26. The average molecular weight is 593 g/mol. The number of hydrogen-bond donors (Lipinski definition) is 1. The molecule has 0 bridgehead atoms. The predicted octanol–water partition coefficient (Wildman–Crippen LogP) is 11.1. The molecule has 222 valence electrons. The van der Waals surface area contributed by atoms with E-state index in [1.807, 2.05) is 7.05 Å². The Labute approximate surface area is 271 Å². The lowest BCUT2D eigenvalue weighted by atomic mass is 10.0. The molecule has 7 aromatic rings. The molecule has 0 spiro atoms. The van der Waals surface area contributed by atoms with Crippen molar-refractivity contribution in [2.45, 2.75) is 19.5 Å². The molecule has 1 atom stereocenters.